The largest absolute Gasteiger partial charge is 0.489 e. The van der Waals surface area contributed by atoms with E-state index in [4.69, 9.17) is 9.72 Å². The van der Waals surface area contributed by atoms with Crippen molar-refractivity contribution in [2.24, 2.45) is 5.92 Å². The molecule has 5 rings (SSSR count). The van der Waals surface area contributed by atoms with E-state index >= 15 is 0 Å². The molecule has 3 aromatic rings. The number of hydrogen-bond donors (Lipinski definition) is 1. The van der Waals surface area contributed by atoms with Crippen molar-refractivity contribution in [1.29, 1.82) is 0 Å². The lowest BCUT2D eigenvalue weighted by atomic mass is 10.0. The predicted molar refractivity (Wildman–Crippen MR) is 129 cm³/mol. The Morgan fingerprint density at radius 3 is 2.70 bits per heavy atom. The number of amides is 2. The molecule has 0 bridgehead atoms. The summed E-state index contributed by atoms with van der Waals surface area (Å²) >= 11 is 1.55. The SMILES string of the molecule is CC(=O)N1CCN(c2ccc(-c3cc(O[C@H](C)C4CNC(=O)C4)c4scnc4c3)nc2)CC1. The van der Waals surface area contributed by atoms with Crippen molar-refractivity contribution in [3.63, 3.8) is 0 Å². The van der Waals surface area contributed by atoms with Crippen LogP contribution in [-0.4, -0.2) is 65.5 Å². The van der Waals surface area contributed by atoms with Crippen LogP contribution in [0.4, 0.5) is 5.69 Å². The van der Waals surface area contributed by atoms with E-state index < -0.39 is 0 Å². The van der Waals surface area contributed by atoms with Gasteiger partial charge in [0.15, 0.2) is 0 Å². The average molecular weight is 466 g/mol. The van der Waals surface area contributed by atoms with Crippen molar-refractivity contribution in [2.45, 2.75) is 26.4 Å². The molecule has 2 fully saturated rings. The van der Waals surface area contributed by atoms with Gasteiger partial charge in [-0.3, -0.25) is 14.6 Å². The molecule has 2 aliphatic heterocycles. The first kappa shape index (κ1) is 21.6. The minimum absolute atomic E-state index is 0.0825. The van der Waals surface area contributed by atoms with Crippen LogP contribution in [0.1, 0.15) is 20.3 Å². The highest BCUT2D eigenvalue weighted by Gasteiger charge is 2.28. The summed E-state index contributed by atoms with van der Waals surface area (Å²) < 4.78 is 7.34. The molecule has 33 heavy (non-hydrogen) atoms. The zero-order valence-electron chi connectivity index (χ0n) is 18.8. The van der Waals surface area contributed by atoms with Crippen LogP contribution in [0.2, 0.25) is 0 Å². The molecule has 1 aromatic carbocycles. The van der Waals surface area contributed by atoms with Crippen LogP contribution in [0.5, 0.6) is 5.75 Å². The first-order valence-electron chi connectivity index (χ1n) is 11.3. The van der Waals surface area contributed by atoms with Gasteiger partial charge in [-0.1, -0.05) is 0 Å². The Morgan fingerprint density at radius 2 is 2.03 bits per heavy atom. The smallest absolute Gasteiger partial charge is 0.220 e. The standard InChI is InChI=1S/C24H27N5O3S/c1-15(18-11-23(31)26-12-18)32-22-10-17(9-21-24(22)33-14-27-21)20-4-3-19(13-25-20)29-7-5-28(6-8-29)16(2)30/h3-4,9-10,13-15,18H,5-8,11-12H2,1-2H3,(H,26,31)/t15-,18?/m1/s1. The number of carbonyl (C=O) groups is 2. The summed E-state index contributed by atoms with van der Waals surface area (Å²) in [4.78, 5) is 36.5. The Balaban J connectivity index is 1.35. The number of thiazole rings is 1. The van der Waals surface area contributed by atoms with Crippen molar-refractivity contribution in [2.75, 3.05) is 37.6 Å². The molecule has 4 heterocycles. The summed E-state index contributed by atoms with van der Waals surface area (Å²) in [5.74, 6) is 1.15. The third kappa shape index (κ3) is 4.50. The number of carbonyl (C=O) groups excluding carboxylic acids is 2. The molecule has 0 radical (unpaired) electrons. The van der Waals surface area contributed by atoms with E-state index in [0.717, 1.165) is 59.1 Å². The number of nitrogens with one attached hydrogen (secondary N) is 1. The number of pyridine rings is 1. The molecule has 2 aliphatic rings. The second-order valence-corrected chi connectivity index (χ2v) is 9.52. The van der Waals surface area contributed by atoms with Gasteiger partial charge in [0.1, 0.15) is 11.9 Å². The highest BCUT2D eigenvalue weighted by Crippen LogP contribution is 2.36. The van der Waals surface area contributed by atoms with Crippen molar-refractivity contribution >= 4 is 39.1 Å². The van der Waals surface area contributed by atoms with Crippen LogP contribution < -0.4 is 15.0 Å². The van der Waals surface area contributed by atoms with Gasteiger partial charge in [-0.25, -0.2) is 4.98 Å². The van der Waals surface area contributed by atoms with E-state index in [-0.39, 0.29) is 23.8 Å². The van der Waals surface area contributed by atoms with Gasteiger partial charge < -0.3 is 19.9 Å². The normalized spacial score (nSPS) is 19.6. The number of nitrogens with zero attached hydrogens (tertiary/aromatic N) is 4. The van der Waals surface area contributed by atoms with Crippen molar-refractivity contribution in [3.8, 4) is 17.0 Å². The summed E-state index contributed by atoms with van der Waals surface area (Å²) in [7, 11) is 0. The molecule has 2 saturated heterocycles. The van der Waals surface area contributed by atoms with Gasteiger partial charge in [-0.05, 0) is 31.2 Å². The zero-order chi connectivity index (χ0) is 22.9. The number of hydrogen-bond acceptors (Lipinski definition) is 7. The topological polar surface area (TPSA) is 87.7 Å². The molecule has 9 heteroatoms. The first-order valence-corrected chi connectivity index (χ1v) is 12.1. The molecule has 1 N–H and O–H groups in total. The van der Waals surface area contributed by atoms with Crippen molar-refractivity contribution in [3.05, 3.63) is 36.0 Å². The van der Waals surface area contributed by atoms with Crippen LogP contribution in [0, 0.1) is 5.92 Å². The highest BCUT2D eigenvalue weighted by molar-refractivity contribution is 7.17. The number of rotatable bonds is 5. The van der Waals surface area contributed by atoms with Gasteiger partial charge in [0.05, 0.1) is 33.3 Å². The summed E-state index contributed by atoms with van der Waals surface area (Å²) in [5, 5.41) is 2.88. The maximum Gasteiger partial charge on any atom is 0.220 e. The van der Waals surface area contributed by atoms with E-state index in [1.54, 1.807) is 18.3 Å². The number of fused-ring (bicyclic) bond motifs is 1. The maximum absolute atomic E-state index is 11.6. The number of ether oxygens (including phenoxy) is 1. The number of anilines is 1. The summed E-state index contributed by atoms with van der Waals surface area (Å²) in [6.07, 6.45) is 2.30. The van der Waals surface area contributed by atoms with Crippen molar-refractivity contribution < 1.29 is 14.3 Å². The van der Waals surface area contributed by atoms with E-state index in [1.165, 1.54) is 0 Å². The van der Waals surface area contributed by atoms with Crippen LogP contribution in [0.15, 0.2) is 36.0 Å². The quantitative estimate of drug-likeness (QED) is 0.623. The molecule has 2 aromatic heterocycles. The van der Waals surface area contributed by atoms with E-state index in [0.29, 0.717) is 13.0 Å². The Hall–Kier alpha value is -3.20. The maximum atomic E-state index is 11.6. The minimum Gasteiger partial charge on any atom is -0.489 e. The number of piperazine rings is 1. The Bertz CT molecular complexity index is 1170. The lowest BCUT2D eigenvalue weighted by Crippen LogP contribution is -2.48. The first-order chi connectivity index (χ1) is 16.0. The third-order valence-electron chi connectivity index (χ3n) is 6.52. The second kappa shape index (κ2) is 8.97. The Labute approximate surface area is 196 Å². The molecule has 8 nitrogen and oxygen atoms in total. The van der Waals surface area contributed by atoms with Crippen molar-refractivity contribution in [1.82, 2.24) is 20.2 Å². The van der Waals surface area contributed by atoms with Crippen LogP contribution >= 0.6 is 11.3 Å². The van der Waals surface area contributed by atoms with Crippen LogP contribution in [0.3, 0.4) is 0 Å². The zero-order valence-corrected chi connectivity index (χ0v) is 19.6. The Kier molecular flexibility index (Phi) is 5.88. The molecular weight excluding hydrogens is 438 g/mol. The predicted octanol–water partition coefficient (Wildman–Crippen LogP) is 2.93. The van der Waals surface area contributed by atoms with Gasteiger partial charge in [0, 0.05) is 57.5 Å². The molecule has 0 saturated carbocycles. The van der Waals surface area contributed by atoms with Crippen LogP contribution in [-0.2, 0) is 9.59 Å². The lowest BCUT2D eigenvalue weighted by molar-refractivity contribution is -0.129. The molecule has 1 unspecified atom stereocenters. The molecular formula is C24H27N5O3S. The summed E-state index contributed by atoms with van der Waals surface area (Å²) in [6, 6.07) is 8.16. The van der Waals surface area contributed by atoms with Gasteiger partial charge >= 0.3 is 0 Å². The molecule has 172 valence electrons. The number of benzene rings is 1. The molecule has 2 amide bonds. The molecule has 0 spiro atoms. The summed E-state index contributed by atoms with van der Waals surface area (Å²) in [5.41, 5.74) is 5.56. The fourth-order valence-electron chi connectivity index (χ4n) is 4.45. The monoisotopic (exact) mass is 465 g/mol. The van der Waals surface area contributed by atoms with Gasteiger partial charge in [-0.15, -0.1) is 11.3 Å². The highest BCUT2D eigenvalue weighted by atomic mass is 32.1. The fourth-order valence-corrected chi connectivity index (χ4v) is 5.18. The van der Waals surface area contributed by atoms with Gasteiger partial charge in [0.25, 0.3) is 0 Å². The number of aromatic nitrogens is 2. The fraction of sp³-hybridized carbons (Fsp3) is 0.417. The van der Waals surface area contributed by atoms with Gasteiger partial charge in [-0.2, -0.15) is 0 Å². The van der Waals surface area contributed by atoms with E-state index in [9.17, 15) is 9.59 Å². The third-order valence-corrected chi connectivity index (χ3v) is 7.37. The Morgan fingerprint density at radius 1 is 1.21 bits per heavy atom. The average Bonchev–Trinajstić information content (AvgIpc) is 3.48. The summed E-state index contributed by atoms with van der Waals surface area (Å²) in [6.45, 7) is 7.36. The lowest BCUT2D eigenvalue weighted by Gasteiger charge is -2.35. The van der Waals surface area contributed by atoms with Gasteiger partial charge in [0.2, 0.25) is 11.8 Å². The van der Waals surface area contributed by atoms with E-state index in [2.05, 4.69) is 21.3 Å². The molecule has 0 aliphatic carbocycles. The second-order valence-electron chi connectivity index (χ2n) is 8.66. The molecule has 2 atom stereocenters. The van der Waals surface area contributed by atoms with Crippen LogP contribution in [0.25, 0.3) is 21.5 Å². The minimum atomic E-state index is -0.0893. The van der Waals surface area contributed by atoms with E-state index in [1.807, 2.05) is 41.7 Å².